The van der Waals surface area contributed by atoms with E-state index >= 15 is 0 Å². The first-order valence-corrected chi connectivity index (χ1v) is 10.0. The molecule has 2 nitrogen and oxygen atoms in total. The van der Waals surface area contributed by atoms with Gasteiger partial charge >= 0.3 is 0 Å². The third-order valence-corrected chi connectivity index (χ3v) is 6.12. The molecule has 0 N–H and O–H groups in total. The van der Waals surface area contributed by atoms with Gasteiger partial charge in [-0.2, -0.15) is 0 Å². The number of benzene rings is 3. The second-order valence-corrected chi connectivity index (χ2v) is 7.87. The Kier molecular flexibility index (Phi) is 4.43. The van der Waals surface area contributed by atoms with E-state index in [4.69, 9.17) is 0 Å². The molecule has 3 aromatic carbocycles. The number of anilines is 1. The summed E-state index contributed by atoms with van der Waals surface area (Å²) in [6, 6.07) is 31.4. The maximum atomic E-state index is 2.69. The molecular formula is C25H26N2. The van der Waals surface area contributed by atoms with E-state index in [9.17, 15) is 0 Å². The number of hydrogen-bond donors (Lipinski definition) is 0. The van der Waals surface area contributed by atoms with Gasteiger partial charge in [0.2, 0.25) is 0 Å². The van der Waals surface area contributed by atoms with Crippen LogP contribution in [0.15, 0.2) is 84.9 Å². The Morgan fingerprint density at radius 1 is 0.704 bits per heavy atom. The van der Waals surface area contributed by atoms with E-state index in [2.05, 4.69) is 94.7 Å². The van der Waals surface area contributed by atoms with Crippen LogP contribution in [0.4, 0.5) is 5.69 Å². The Hall–Kier alpha value is -2.58. The predicted molar refractivity (Wildman–Crippen MR) is 112 cm³/mol. The lowest BCUT2D eigenvalue weighted by Gasteiger charge is -2.41. The summed E-state index contributed by atoms with van der Waals surface area (Å²) in [7, 11) is 0. The van der Waals surface area contributed by atoms with Crippen molar-refractivity contribution in [1.29, 1.82) is 0 Å². The van der Waals surface area contributed by atoms with Crippen LogP contribution in [0, 0.1) is 5.92 Å². The van der Waals surface area contributed by atoms with Crippen LogP contribution < -0.4 is 4.90 Å². The van der Waals surface area contributed by atoms with E-state index in [1.807, 2.05) is 0 Å². The smallest absolute Gasteiger partial charge is 0.0429 e. The highest BCUT2D eigenvalue weighted by Gasteiger charge is 2.41. The molecule has 3 aromatic rings. The normalized spacial score (nSPS) is 21.7. The summed E-state index contributed by atoms with van der Waals surface area (Å²) < 4.78 is 0. The van der Waals surface area contributed by atoms with Crippen LogP contribution >= 0.6 is 0 Å². The Morgan fingerprint density at radius 2 is 1.33 bits per heavy atom. The number of nitrogens with zero attached hydrogens (tertiary/aromatic N) is 2. The van der Waals surface area contributed by atoms with Crippen LogP contribution in [0.1, 0.15) is 29.2 Å². The van der Waals surface area contributed by atoms with E-state index in [-0.39, 0.29) is 0 Å². The maximum Gasteiger partial charge on any atom is 0.0429 e. The van der Waals surface area contributed by atoms with Crippen molar-refractivity contribution in [2.75, 3.05) is 18.0 Å². The summed E-state index contributed by atoms with van der Waals surface area (Å²) in [5.74, 6) is 0.715. The minimum Gasteiger partial charge on any atom is -0.367 e. The Balaban J connectivity index is 1.44. The average Bonchev–Trinajstić information content (AvgIpc) is 3.12. The predicted octanol–water partition coefficient (Wildman–Crippen LogP) is 5.27. The van der Waals surface area contributed by atoms with Crippen molar-refractivity contribution in [3.8, 4) is 0 Å². The molecule has 0 bridgehead atoms. The molecule has 0 spiro atoms. The van der Waals surface area contributed by atoms with Crippen LogP contribution in [0.2, 0.25) is 0 Å². The molecule has 0 saturated carbocycles. The van der Waals surface area contributed by atoms with Crippen LogP contribution in [0.5, 0.6) is 0 Å². The number of hydrogen-bond acceptors (Lipinski definition) is 2. The van der Waals surface area contributed by atoms with E-state index in [0.717, 1.165) is 19.6 Å². The molecule has 1 saturated heterocycles. The second-order valence-electron chi connectivity index (χ2n) is 7.87. The molecule has 1 fully saturated rings. The summed E-state index contributed by atoms with van der Waals surface area (Å²) in [6.07, 6.45) is 1.29. The van der Waals surface area contributed by atoms with E-state index in [0.29, 0.717) is 12.0 Å². The summed E-state index contributed by atoms with van der Waals surface area (Å²) >= 11 is 0. The molecule has 0 aliphatic carbocycles. The molecule has 2 heteroatoms. The third kappa shape index (κ3) is 3.26. The van der Waals surface area contributed by atoms with Crippen molar-refractivity contribution in [2.24, 2.45) is 5.92 Å². The highest BCUT2D eigenvalue weighted by molar-refractivity contribution is 5.58. The lowest BCUT2D eigenvalue weighted by Crippen LogP contribution is -2.38. The molecule has 136 valence electrons. The number of rotatable bonds is 4. The van der Waals surface area contributed by atoms with E-state index in [1.54, 1.807) is 0 Å². The summed E-state index contributed by atoms with van der Waals surface area (Å²) in [4.78, 5) is 5.29. The lowest BCUT2D eigenvalue weighted by molar-refractivity contribution is 0.215. The maximum absolute atomic E-state index is 2.69. The SMILES string of the molecule is c1ccc(CN2C[C@H]3CCN(Cc4ccccc4)[C@@H]3c3ccccc32)cc1. The van der Waals surface area contributed by atoms with Crippen molar-refractivity contribution in [3.63, 3.8) is 0 Å². The molecule has 0 radical (unpaired) electrons. The van der Waals surface area contributed by atoms with Gasteiger partial charge in [-0.05, 0) is 41.6 Å². The fraction of sp³-hybridized carbons (Fsp3) is 0.280. The van der Waals surface area contributed by atoms with Gasteiger partial charge in [0, 0.05) is 31.4 Å². The Labute approximate surface area is 162 Å². The molecule has 2 aliphatic rings. The first-order chi connectivity index (χ1) is 13.4. The van der Waals surface area contributed by atoms with Crippen molar-refractivity contribution in [3.05, 3.63) is 102 Å². The highest BCUT2D eigenvalue weighted by Crippen LogP contribution is 2.46. The van der Waals surface area contributed by atoms with Crippen molar-refractivity contribution in [1.82, 2.24) is 4.90 Å². The van der Waals surface area contributed by atoms with Gasteiger partial charge < -0.3 is 4.90 Å². The number of likely N-dealkylation sites (tertiary alicyclic amines) is 1. The highest BCUT2D eigenvalue weighted by atomic mass is 15.2. The molecule has 2 aliphatic heterocycles. The van der Waals surface area contributed by atoms with Crippen LogP contribution in [-0.4, -0.2) is 18.0 Å². The molecule has 2 atom stereocenters. The summed E-state index contributed by atoms with van der Waals surface area (Å²) in [6.45, 7) is 4.40. The number of fused-ring (bicyclic) bond motifs is 3. The standard InChI is InChI=1S/C25H26N2/c1-3-9-20(10-4-1)17-26-16-15-22-19-27(18-21-11-5-2-6-12-21)24-14-8-7-13-23(24)25(22)26/h1-14,22,25H,15-19H2/t22-,25+/m1/s1. The minimum absolute atomic E-state index is 0.549. The van der Waals surface area contributed by atoms with Gasteiger partial charge in [-0.25, -0.2) is 0 Å². The molecule has 5 rings (SSSR count). The van der Waals surface area contributed by atoms with Crippen LogP contribution in [0.3, 0.4) is 0 Å². The van der Waals surface area contributed by atoms with Gasteiger partial charge in [0.1, 0.15) is 0 Å². The molecule has 0 unspecified atom stereocenters. The molecule has 0 aromatic heterocycles. The monoisotopic (exact) mass is 354 g/mol. The Bertz CT molecular complexity index is 890. The zero-order valence-electron chi connectivity index (χ0n) is 15.7. The zero-order chi connectivity index (χ0) is 18.1. The number of para-hydroxylation sites is 1. The molecule has 27 heavy (non-hydrogen) atoms. The van der Waals surface area contributed by atoms with Crippen molar-refractivity contribution < 1.29 is 0 Å². The van der Waals surface area contributed by atoms with Gasteiger partial charge in [0.15, 0.2) is 0 Å². The molecule has 0 amide bonds. The fourth-order valence-corrected chi connectivity index (χ4v) is 4.92. The minimum atomic E-state index is 0.549. The summed E-state index contributed by atoms with van der Waals surface area (Å²) in [5, 5.41) is 0. The van der Waals surface area contributed by atoms with Crippen molar-refractivity contribution >= 4 is 5.69 Å². The van der Waals surface area contributed by atoms with E-state index in [1.165, 1.54) is 35.3 Å². The first kappa shape index (κ1) is 16.6. The van der Waals surface area contributed by atoms with Crippen molar-refractivity contribution in [2.45, 2.75) is 25.6 Å². The van der Waals surface area contributed by atoms with Gasteiger partial charge in [0.25, 0.3) is 0 Å². The quantitative estimate of drug-likeness (QED) is 0.630. The molecule has 2 heterocycles. The van der Waals surface area contributed by atoms with Crippen LogP contribution in [0.25, 0.3) is 0 Å². The van der Waals surface area contributed by atoms with Gasteiger partial charge in [0.05, 0.1) is 0 Å². The first-order valence-electron chi connectivity index (χ1n) is 10.0. The van der Waals surface area contributed by atoms with Gasteiger partial charge in [-0.1, -0.05) is 78.9 Å². The fourth-order valence-electron chi connectivity index (χ4n) is 4.92. The Morgan fingerprint density at radius 3 is 2.07 bits per heavy atom. The third-order valence-electron chi connectivity index (χ3n) is 6.12. The van der Waals surface area contributed by atoms with E-state index < -0.39 is 0 Å². The zero-order valence-corrected chi connectivity index (χ0v) is 15.7. The summed E-state index contributed by atoms with van der Waals surface area (Å²) in [5.41, 5.74) is 5.74. The van der Waals surface area contributed by atoms with Gasteiger partial charge in [-0.3, -0.25) is 4.90 Å². The second kappa shape index (κ2) is 7.21. The van der Waals surface area contributed by atoms with Crippen LogP contribution in [-0.2, 0) is 13.1 Å². The largest absolute Gasteiger partial charge is 0.367 e. The topological polar surface area (TPSA) is 6.48 Å². The van der Waals surface area contributed by atoms with Gasteiger partial charge in [-0.15, -0.1) is 0 Å². The molecular weight excluding hydrogens is 328 g/mol. The average molecular weight is 354 g/mol. The lowest BCUT2D eigenvalue weighted by atomic mass is 9.87.